The fourth-order valence-electron chi connectivity index (χ4n) is 2.92. The van der Waals surface area contributed by atoms with Gasteiger partial charge in [0.25, 0.3) is 11.8 Å². The molecule has 1 aliphatic heterocycles. The van der Waals surface area contributed by atoms with Crippen LogP contribution in [0.25, 0.3) is 6.08 Å². The Hall–Kier alpha value is -3.85. The molecule has 0 saturated carbocycles. The molecule has 0 unspecified atom stereocenters. The summed E-state index contributed by atoms with van der Waals surface area (Å²) in [6.07, 6.45) is 6.59. The van der Waals surface area contributed by atoms with Gasteiger partial charge >= 0.3 is 6.03 Å². The van der Waals surface area contributed by atoms with Crippen molar-refractivity contribution in [3.05, 3.63) is 64.7 Å². The van der Waals surface area contributed by atoms with Gasteiger partial charge in [-0.1, -0.05) is 24.1 Å². The molecule has 0 radical (unpaired) electrons. The topological polar surface area (TPSA) is 75.7 Å². The summed E-state index contributed by atoms with van der Waals surface area (Å²) in [5.41, 5.74) is 2.70. The Balaban J connectivity index is 1.93. The Morgan fingerprint density at radius 1 is 1.07 bits per heavy atom. The van der Waals surface area contributed by atoms with Gasteiger partial charge in [-0.2, -0.15) is 0 Å². The van der Waals surface area contributed by atoms with Crippen LogP contribution >= 0.6 is 0 Å². The third kappa shape index (κ3) is 3.94. The van der Waals surface area contributed by atoms with Crippen LogP contribution in [0.1, 0.15) is 16.7 Å². The molecule has 1 N–H and O–H groups in total. The molecule has 0 atom stereocenters. The number of urea groups is 1. The predicted octanol–water partition coefficient (Wildman–Crippen LogP) is 2.98. The monoisotopic (exact) mass is 374 g/mol. The van der Waals surface area contributed by atoms with Crippen molar-refractivity contribution >= 4 is 29.6 Å². The fourth-order valence-corrected chi connectivity index (χ4v) is 2.92. The van der Waals surface area contributed by atoms with E-state index in [1.54, 1.807) is 36.4 Å². The van der Waals surface area contributed by atoms with Crippen LogP contribution in [0.4, 0.5) is 10.5 Å². The molecule has 1 fully saturated rings. The van der Waals surface area contributed by atoms with Crippen LogP contribution < -0.4 is 15.0 Å². The first-order chi connectivity index (χ1) is 13.4. The molecule has 140 valence electrons. The van der Waals surface area contributed by atoms with Crippen molar-refractivity contribution < 1.29 is 19.1 Å². The van der Waals surface area contributed by atoms with Gasteiger partial charge < -0.3 is 4.74 Å². The fraction of sp³-hybridized carbons (Fsp3) is 0.136. The molecule has 1 saturated heterocycles. The molecule has 0 spiro atoms. The highest BCUT2D eigenvalue weighted by Gasteiger charge is 2.36. The second-order valence-corrected chi connectivity index (χ2v) is 6.37. The highest BCUT2D eigenvalue weighted by atomic mass is 16.5. The van der Waals surface area contributed by atoms with Crippen LogP contribution in [-0.4, -0.2) is 24.5 Å². The van der Waals surface area contributed by atoms with Crippen molar-refractivity contribution in [2.45, 2.75) is 13.8 Å². The molecule has 6 nitrogen and oxygen atoms in total. The second kappa shape index (κ2) is 7.80. The van der Waals surface area contributed by atoms with Crippen molar-refractivity contribution in [3.63, 3.8) is 0 Å². The Morgan fingerprint density at radius 3 is 2.32 bits per heavy atom. The highest BCUT2D eigenvalue weighted by molar-refractivity contribution is 6.39. The molecule has 0 aliphatic carbocycles. The van der Waals surface area contributed by atoms with Crippen LogP contribution in [0, 0.1) is 26.2 Å². The van der Waals surface area contributed by atoms with Gasteiger partial charge in [-0.15, -0.1) is 6.42 Å². The first kappa shape index (κ1) is 18.9. The molecule has 6 heteroatoms. The Morgan fingerprint density at radius 2 is 1.71 bits per heavy atom. The van der Waals surface area contributed by atoms with Gasteiger partial charge in [0.2, 0.25) is 0 Å². The number of hydrogen-bond acceptors (Lipinski definition) is 4. The normalized spacial score (nSPS) is 15.4. The van der Waals surface area contributed by atoms with E-state index < -0.39 is 17.8 Å². The lowest BCUT2D eigenvalue weighted by Crippen LogP contribution is -2.54. The first-order valence-corrected chi connectivity index (χ1v) is 8.55. The van der Waals surface area contributed by atoms with E-state index in [4.69, 9.17) is 11.2 Å². The predicted molar refractivity (Wildman–Crippen MR) is 106 cm³/mol. The van der Waals surface area contributed by atoms with E-state index in [0.717, 1.165) is 16.0 Å². The zero-order chi connectivity index (χ0) is 20.3. The molecule has 1 aliphatic rings. The molecule has 2 aromatic rings. The number of nitrogens with zero attached hydrogens (tertiary/aromatic N) is 1. The maximum Gasteiger partial charge on any atom is 0.335 e. The number of carbonyl (C=O) groups excluding carboxylic acids is 3. The molecular formula is C22H18N2O4. The zero-order valence-corrected chi connectivity index (χ0v) is 15.5. The minimum atomic E-state index is -0.768. The van der Waals surface area contributed by atoms with E-state index in [9.17, 15) is 14.4 Å². The lowest BCUT2D eigenvalue weighted by molar-refractivity contribution is -0.122. The van der Waals surface area contributed by atoms with Crippen LogP contribution in [0.2, 0.25) is 0 Å². The summed E-state index contributed by atoms with van der Waals surface area (Å²) in [5, 5.41) is 2.22. The lowest BCUT2D eigenvalue weighted by atomic mass is 10.1. The molecule has 28 heavy (non-hydrogen) atoms. The van der Waals surface area contributed by atoms with E-state index in [1.807, 2.05) is 19.9 Å². The maximum atomic E-state index is 12.9. The number of aryl methyl sites for hydroxylation is 2. The molecule has 2 aromatic carbocycles. The summed E-state index contributed by atoms with van der Waals surface area (Å²) in [6.45, 7) is 3.89. The van der Waals surface area contributed by atoms with Gasteiger partial charge in [0.1, 0.15) is 17.9 Å². The molecule has 4 amide bonds. The van der Waals surface area contributed by atoms with Crippen LogP contribution in [0.15, 0.2) is 48.0 Å². The summed E-state index contributed by atoms with van der Waals surface area (Å²) in [7, 11) is 0. The smallest absolute Gasteiger partial charge is 0.335 e. The molecule has 1 heterocycles. The summed E-state index contributed by atoms with van der Waals surface area (Å²) in [5.74, 6) is 1.54. The van der Waals surface area contributed by atoms with Crippen molar-refractivity contribution in [1.29, 1.82) is 0 Å². The van der Waals surface area contributed by atoms with Gasteiger partial charge in [-0.05, 0) is 60.9 Å². The first-order valence-electron chi connectivity index (χ1n) is 8.55. The maximum absolute atomic E-state index is 12.9. The quantitative estimate of drug-likeness (QED) is 0.507. The van der Waals surface area contributed by atoms with Crippen molar-refractivity contribution in [3.8, 4) is 18.1 Å². The summed E-state index contributed by atoms with van der Waals surface area (Å²) in [4.78, 5) is 38.4. The Kier molecular flexibility index (Phi) is 5.28. The number of terminal acetylenes is 1. The van der Waals surface area contributed by atoms with Crippen LogP contribution in [0.5, 0.6) is 5.75 Å². The average Bonchev–Trinajstić information content (AvgIpc) is 2.63. The van der Waals surface area contributed by atoms with Crippen LogP contribution in [0.3, 0.4) is 0 Å². The van der Waals surface area contributed by atoms with Gasteiger partial charge in [0, 0.05) is 0 Å². The number of imide groups is 2. The van der Waals surface area contributed by atoms with Gasteiger partial charge in [-0.25, -0.2) is 9.69 Å². The number of barbiturate groups is 1. The van der Waals surface area contributed by atoms with E-state index in [0.29, 0.717) is 17.0 Å². The summed E-state index contributed by atoms with van der Waals surface area (Å²) >= 11 is 0. The van der Waals surface area contributed by atoms with E-state index in [1.165, 1.54) is 6.08 Å². The Bertz CT molecular complexity index is 1010. The van der Waals surface area contributed by atoms with Gasteiger partial charge in [0.05, 0.1) is 5.69 Å². The average molecular weight is 374 g/mol. The minimum absolute atomic E-state index is 0.129. The largest absolute Gasteiger partial charge is 0.481 e. The standard InChI is InChI=1S/C22H18N2O4/c1-4-9-28-18-7-5-16(6-8-18)13-19-20(25)23-22(27)24(21(19)26)17-11-14(2)10-15(3)12-17/h1,5-8,10-13H,9H2,2-3H3,(H,23,25,27). The third-order valence-electron chi connectivity index (χ3n) is 4.08. The number of nitrogens with one attached hydrogen (secondary N) is 1. The van der Waals surface area contributed by atoms with E-state index in [-0.39, 0.29) is 12.2 Å². The molecular weight excluding hydrogens is 356 g/mol. The lowest BCUT2D eigenvalue weighted by Gasteiger charge is -2.27. The number of rotatable bonds is 4. The van der Waals surface area contributed by atoms with Crippen molar-refractivity contribution in [2.24, 2.45) is 0 Å². The molecule has 0 bridgehead atoms. The minimum Gasteiger partial charge on any atom is -0.481 e. The summed E-state index contributed by atoms with van der Waals surface area (Å²) < 4.78 is 5.30. The van der Waals surface area contributed by atoms with E-state index >= 15 is 0 Å². The number of hydrogen-bond donors (Lipinski definition) is 1. The molecule has 0 aromatic heterocycles. The van der Waals surface area contributed by atoms with Gasteiger partial charge in [-0.3, -0.25) is 14.9 Å². The van der Waals surface area contributed by atoms with Crippen molar-refractivity contribution in [2.75, 3.05) is 11.5 Å². The number of amides is 4. The Labute approximate surface area is 162 Å². The van der Waals surface area contributed by atoms with E-state index in [2.05, 4.69) is 11.2 Å². The highest BCUT2D eigenvalue weighted by Crippen LogP contribution is 2.24. The van der Waals surface area contributed by atoms with Crippen molar-refractivity contribution in [1.82, 2.24) is 5.32 Å². The number of carbonyl (C=O) groups is 3. The van der Waals surface area contributed by atoms with Crippen LogP contribution in [-0.2, 0) is 9.59 Å². The number of benzene rings is 2. The second-order valence-electron chi connectivity index (χ2n) is 6.37. The molecule has 3 rings (SSSR count). The number of anilines is 1. The SMILES string of the molecule is C#CCOc1ccc(C=C2C(=O)NC(=O)N(c3cc(C)cc(C)c3)C2=O)cc1. The third-order valence-corrected chi connectivity index (χ3v) is 4.08. The summed E-state index contributed by atoms with van der Waals surface area (Å²) in [6, 6.07) is 11.3. The van der Waals surface area contributed by atoms with Gasteiger partial charge in [0.15, 0.2) is 0 Å². The zero-order valence-electron chi connectivity index (χ0n) is 15.5. The number of ether oxygens (including phenoxy) is 1.